The van der Waals surface area contributed by atoms with Gasteiger partial charge in [0.1, 0.15) is 0 Å². The molecule has 0 saturated carbocycles. The Hall–Kier alpha value is -1.84. The fourth-order valence-corrected chi connectivity index (χ4v) is 3.07. The van der Waals surface area contributed by atoms with Gasteiger partial charge in [0.2, 0.25) is 5.91 Å². The molecule has 1 saturated heterocycles. The smallest absolute Gasteiger partial charge is 0.251 e. The van der Waals surface area contributed by atoms with E-state index in [0.717, 1.165) is 44.5 Å². The van der Waals surface area contributed by atoms with E-state index in [1.807, 2.05) is 30.0 Å². The third-order valence-electron chi connectivity index (χ3n) is 4.52. The van der Waals surface area contributed by atoms with Gasteiger partial charge in [-0.1, -0.05) is 12.1 Å². The lowest BCUT2D eigenvalue weighted by Gasteiger charge is -2.15. The molecule has 1 aromatic rings. The minimum atomic E-state index is -0.0811. The van der Waals surface area contributed by atoms with E-state index in [1.165, 1.54) is 0 Å². The van der Waals surface area contributed by atoms with Crippen LogP contribution < -0.4 is 16.0 Å². The first kappa shape index (κ1) is 24.2. The Kier molecular flexibility index (Phi) is 11.5. The molecule has 7 nitrogen and oxygen atoms in total. The number of rotatable bonds is 8. The van der Waals surface area contributed by atoms with Crippen LogP contribution in [-0.4, -0.2) is 62.4 Å². The molecule has 1 fully saturated rings. The van der Waals surface area contributed by atoms with Crippen molar-refractivity contribution in [2.75, 3.05) is 39.8 Å². The molecule has 0 aliphatic carbocycles. The summed E-state index contributed by atoms with van der Waals surface area (Å²) in [7, 11) is 1.63. The Labute approximate surface area is 184 Å². The zero-order valence-electron chi connectivity index (χ0n) is 16.8. The number of amides is 2. The van der Waals surface area contributed by atoms with Crippen LogP contribution in [0.5, 0.6) is 0 Å². The SMILES string of the molecule is CCNC(=NCCC(=O)N1CCCC1)NCCc1cccc(C(=O)NC)c1.I. The maximum Gasteiger partial charge on any atom is 0.251 e. The van der Waals surface area contributed by atoms with Crippen molar-refractivity contribution in [1.82, 2.24) is 20.9 Å². The predicted molar refractivity (Wildman–Crippen MR) is 123 cm³/mol. The van der Waals surface area contributed by atoms with E-state index in [4.69, 9.17) is 0 Å². The third kappa shape index (κ3) is 8.04. The number of nitrogens with zero attached hydrogens (tertiary/aromatic N) is 2. The highest BCUT2D eigenvalue weighted by Crippen LogP contribution is 2.09. The van der Waals surface area contributed by atoms with Gasteiger partial charge < -0.3 is 20.9 Å². The Morgan fingerprint density at radius 3 is 2.61 bits per heavy atom. The van der Waals surface area contributed by atoms with Gasteiger partial charge in [0.25, 0.3) is 5.91 Å². The quantitative estimate of drug-likeness (QED) is 0.288. The number of carbonyl (C=O) groups is 2. The van der Waals surface area contributed by atoms with Gasteiger partial charge in [0, 0.05) is 45.2 Å². The van der Waals surface area contributed by atoms with Gasteiger partial charge in [-0.15, -0.1) is 24.0 Å². The molecule has 0 spiro atoms. The number of nitrogens with one attached hydrogen (secondary N) is 3. The summed E-state index contributed by atoms with van der Waals surface area (Å²) in [6.45, 7) is 5.73. The van der Waals surface area contributed by atoms with Gasteiger partial charge in [0.15, 0.2) is 5.96 Å². The average Bonchev–Trinajstić information content (AvgIpc) is 3.22. The number of halogens is 1. The van der Waals surface area contributed by atoms with Crippen LogP contribution in [0, 0.1) is 0 Å². The van der Waals surface area contributed by atoms with Crippen molar-refractivity contribution >= 4 is 41.8 Å². The van der Waals surface area contributed by atoms with E-state index < -0.39 is 0 Å². The number of aliphatic imine (C=N–C) groups is 1. The van der Waals surface area contributed by atoms with E-state index >= 15 is 0 Å². The molecule has 28 heavy (non-hydrogen) atoms. The second-order valence-corrected chi connectivity index (χ2v) is 6.55. The first-order valence-corrected chi connectivity index (χ1v) is 9.75. The zero-order chi connectivity index (χ0) is 19.5. The largest absolute Gasteiger partial charge is 0.357 e. The fraction of sp³-hybridized carbons (Fsp3) is 0.550. The summed E-state index contributed by atoms with van der Waals surface area (Å²) >= 11 is 0. The molecule has 0 atom stereocenters. The second-order valence-electron chi connectivity index (χ2n) is 6.55. The maximum atomic E-state index is 12.1. The summed E-state index contributed by atoms with van der Waals surface area (Å²) < 4.78 is 0. The lowest BCUT2D eigenvalue weighted by Crippen LogP contribution is -2.38. The van der Waals surface area contributed by atoms with Crippen LogP contribution in [0.3, 0.4) is 0 Å². The van der Waals surface area contributed by atoms with Gasteiger partial charge in [-0.3, -0.25) is 14.6 Å². The fourth-order valence-electron chi connectivity index (χ4n) is 3.07. The number of benzene rings is 1. The van der Waals surface area contributed by atoms with Crippen molar-refractivity contribution in [3.8, 4) is 0 Å². The van der Waals surface area contributed by atoms with Crippen LogP contribution in [-0.2, 0) is 11.2 Å². The van der Waals surface area contributed by atoms with E-state index in [0.29, 0.717) is 31.0 Å². The highest BCUT2D eigenvalue weighted by Gasteiger charge is 2.16. The van der Waals surface area contributed by atoms with E-state index in [-0.39, 0.29) is 35.8 Å². The van der Waals surface area contributed by atoms with E-state index in [2.05, 4.69) is 20.9 Å². The number of carbonyl (C=O) groups excluding carboxylic acids is 2. The highest BCUT2D eigenvalue weighted by atomic mass is 127. The van der Waals surface area contributed by atoms with Crippen molar-refractivity contribution in [3.05, 3.63) is 35.4 Å². The van der Waals surface area contributed by atoms with Crippen molar-refractivity contribution < 1.29 is 9.59 Å². The minimum Gasteiger partial charge on any atom is -0.357 e. The van der Waals surface area contributed by atoms with Crippen LogP contribution in [0.4, 0.5) is 0 Å². The van der Waals surface area contributed by atoms with Crippen LogP contribution >= 0.6 is 24.0 Å². The zero-order valence-corrected chi connectivity index (χ0v) is 19.1. The molecule has 3 N–H and O–H groups in total. The van der Waals surface area contributed by atoms with Crippen LogP contribution in [0.15, 0.2) is 29.3 Å². The molecule has 2 amide bonds. The Bertz CT molecular complexity index is 660. The van der Waals surface area contributed by atoms with Gasteiger partial charge in [-0.25, -0.2) is 0 Å². The van der Waals surface area contributed by atoms with Gasteiger partial charge in [-0.05, 0) is 43.9 Å². The number of hydrogen-bond donors (Lipinski definition) is 3. The van der Waals surface area contributed by atoms with Gasteiger partial charge >= 0.3 is 0 Å². The first-order valence-electron chi connectivity index (χ1n) is 9.75. The molecule has 8 heteroatoms. The standard InChI is InChI=1S/C20H31N5O2.HI/c1-3-22-20(24-12-10-18(26)25-13-4-5-14-25)23-11-9-16-7-6-8-17(15-16)19(27)21-2;/h6-8,15H,3-5,9-14H2,1-2H3,(H,21,27)(H2,22,23,24);1H. The Morgan fingerprint density at radius 1 is 1.18 bits per heavy atom. The maximum absolute atomic E-state index is 12.1. The summed E-state index contributed by atoms with van der Waals surface area (Å²) in [6, 6.07) is 7.61. The summed E-state index contributed by atoms with van der Waals surface area (Å²) in [5, 5.41) is 9.13. The number of guanidine groups is 1. The molecule has 2 rings (SSSR count). The molecule has 1 aromatic carbocycles. The number of hydrogen-bond acceptors (Lipinski definition) is 3. The summed E-state index contributed by atoms with van der Waals surface area (Å²) in [4.78, 5) is 30.2. The van der Waals surface area contributed by atoms with Gasteiger partial charge in [0.05, 0.1) is 6.54 Å². The third-order valence-corrected chi connectivity index (χ3v) is 4.52. The molecule has 0 bridgehead atoms. The molecule has 1 aliphatic heterocycles. The lowest BCUT2D eigenvalue weighted by atomic mass is 10.1. The predicted octanol–water partition coefficient (Wildman–Crippen LogP) is 1.77. The van der Waals surface area contributed by atoms with Crippen molar-refractivity contribution in [2.45, 2.75) is 32.6 Å². The normalized spacial score (nSPS) is 13.6. The number of likely N-dealkylation sites (tertiary alicyclic amines) is 1. The Morgan fingerprint density at radius 2 is 1.93 bits per heavy atom. The van der Waals surface area contributed by atoms with Crippen molar-refractivity contribution in [2.24, 2.45) is 4.99 Å². The summed E-state index contributed by atoms with van der Waals surface area (Å²) in [5.74, 6) is 0.828. The monoisotopic (exact) mass is 501 g/mol. The first-order chi connectivity index (χ1) is 13.1. The molecule has 1 aliphatic rings. The molecule has 0 radical (unpaired) electrons. The highest BCUT2D eigenvalue weighted by molar-refractivity contribution is 14.0. The average molecular weight is 501 g/mol. The van der Waals surface area contributed by atoms with Gasteiger partial charge in [-0.2, -0.15) is 0 Å². The van der Waals surface area contributed by atoms with E-state index in [1.54, 1.807) is 13.1 Å². The van der Waals surface area contributed by atoms with Crippen LogP contribution in [0.25, 0.3) is 0 Å². The van der Waals surface area contributed by atoms with Crippen LogP contribution in [0.1, 0.15) is 42.1 Å². The summed E-state index contributed by atoms with van der Waals surface area (Å²) in [5.41, 5.74) is 1.75. The Balaban J connectivity index is 0.00000392. The van der Waals surface area contributed by atoms with E-state index in [9.17, 15) is 9.59 Å². The minimum absolute atomic E-state index is 0. The molecule has 0 unspecified atom stereocenters. The molecule has 1 heterocycles. The van der Waals surface area contributed by atoms with Crippen molar-refractivity contribution in [1.29, 1.82) is 0 Å². The van der Waals surface area contributed by atoms with Crippen LogP contribution in [0.2, 0.25) is 0 Å². The lowest BCUT2D eigenvalue weighted by molar-refractivity contribution is -0.129. The molecule has 156 valence electrons. The molecular formula is C20H32IN5O2. The van der Waals surface area contributed by atoms with Crippen molar-refractivity contribution in [3.63, 3.8) is 0 Å². The topological polar surface area (TPSA) is 85.8 Å². The molecular weight excluding hydrogens is 469 g/mol. The second kappa shape index (κ2) is 13.4. The molecule has 0 aromatic heterocycles. The summed E-state index contributed by atoms with van der Waals surface area (Å²) in [6.07, 6.45) is 3.45.